The summed E-state index contributed by atoms with van der Waals surface area (Å²) in [6, 6.07) is 6.96. The Balaban J connectivity index is 1.60. The molecule has 132 valence electrons. The van der Waals surface area contributed by atoms with Gasteiger partial charge in [0, 0.05) is 24.5 Å². The van der Waals surface area contributed by atoms with Crippen molar-refractivity contribution in [1.82, 2.24) is 14.9 Å². The van der Waals surface area contributed by atoms with Crippen LogP contribution < -0.4 is 0 Å². The summed E-state index contributed by atoms with van der Waals surface area (Å²) < 4.78 is 5.49. The summed E-state index contributed by atoms with van der Waals surface area (Å²) in [6.45, 7) is 1.73. The molecule has 1 atom stereocenters. The van der Waals surface area contributed by atoms with Crippen LogP contribution in [-0.2, 0) is 22.7 Å². The molecule has 3 rings (SSSR count). The van der Waals surface area contributed by atoms with Crippen molar-refractivity contribution in [1.29, 1.82) is 0 Å². The second kappa shape index (κ2) is 8.61. The van der Waals surface area contributed by atoms with E-state index >= 15 is 0 Å². The van der Waals surface area contributed by atoms with Gasteiger partial charge < -0.3 is 4.74 Å². The molecule has 2 aromatic rings. The monoisotopic (exact) mass is 379 g/mol. The van der Waals surface area contributed by atoms with Crippen LogP contribution in [0, 0.1) is 0 Å². The van der Waals surface area contributed by atoms with Crippen LogP contribution in [0.25, 0.3) is 0 Å². The van der Waals surface area contributed by atoms with Crippen LogP contribution in [0.1, 0.15) is 30.4 Å². The zero-order valence-electron chi connectivity index (χ0n) is 13.7. The molecule has 0 spiro atoms. The normalized spacial score (nSPS) is 18.1. The molecule has 0 unspecified atom stereocenters. The Hall–Kier alpha value is -1.69. The highest BCUT2D eigenvalue weighted by Crippen LogP contribution is 2.21. The SMILES string of the molecule is O=C(OCc1ccc(Cl)nc1)[C@@H]1CCCCN1Cc1ccc(Cl)nc1. The molecule has 0 N–H and O–H groups in total. The van der Waals surface area contributed by atoms with E-state index in [1.807, 2.05) is 6.07 Å². The smallest absolute Gasteiger partial charge is 0.323 e. The minimum absolute atomic E-state index is 0.198. The number of carbonyl (C=O) groups excluding carboxylic acids is 1. The number of ether oxygens (including phenoxy) is 1. The minimum Gasteiger partial charge on any atom is -0.460 e. The Bertz CT molecular complexity index is 707. The van der Waals surface area contributed by atoms with E-state index < -0.39 is 0 Å². The molecule has 0 saturated carbocycles. The fraction of sp³-hybridized carbons (Fsp3) is 0.389. The van der Waals surface area contributed by atoms with E-state index in [-0.39, 0.29) is 18.6 Å². The summed E-state index contributed by atoms with van der Waals surface area (Å²) in [5.41, 5.74) is 1.85. The van der Waals surface area contributed by atoms with E-state index in [4.69, 9.17) is 27.9 Å². The summed E-state index contributed by atoms with van der Waals surface area (Å²) in [5.74, 6) is -0.198. The largest absolute Gasteiger partial charge is 0.460 e. The van der Waals surface area contributed by atoms with Crippen LogP contribution in [0.5, 0.6) is 0 Å². The predicted octanol–water partition coefficient (Wildman–Crippen LogP) is 3.88. The lowest BCUT2D eigenvalue weighted by molar-refractivity contribution is -0.153. The van der Waals surface area contributed by atoms with Crippen LogP contribution in [0.15, 0.2) is 36.7 Å². The van der Waals surface area contributed by atoms with Gasteiger partial charge in [0.2, 0.25) is 0 Å². The maximum Gasteiger partial charge on any atom is 0.323 e. The number of aromatic nitrogens is 2. The van der Waals surface area contributed by atoms with Crippen molar-refractivity contribution in [2.75, 3.05) is 6.54 Å². The summed E-state index contributed by atoms with van der Waals surface area (Å²) in [4.78, 5) is 22.8. The average Bonchev–Trinajstić information content (AvgIpc) is 2.63. The quantitative estimate of drug-likeness (QED) is 0.582. The summed E-state index contributed by atoms with van der Waals surface area (Å²) in [5, 5.41) is 0.889. The van der Waals surface area contributed by atoms with E-state index in [0.717, 1.165) is 36.9 Å². The number of halogens is 2. The van der Waals surface area contributed by atoms with E-state index in [1.165, 1.54) is 0 Å². The fourth-order valence-corrected chi connectivity index (χ4v) is 3.15. The van der Waals surface area contributed by atoms with Crippen LogP contribution >= 0.6 is 23.2 Å². The van der Waals surface area contributed by atoms with Gasteiger partial charge >= 0.3 is 5.97 Å². The number of carbonyl (C=O) groups is 1. The molecule has 1 aliphatic heterocycles. The van der Waals surface area contributed by atoms with Crippen molar-refractivity contribution in [2.24, 2.45) is 0 Å². The molecule has 0 radical (unpaired) electrons. The predicted molar refractivity (Wildman–Crippen MR) is 96.3 cm³/mol. The van der Waals surface area contributed by atoms with Gasteiger partial charge in [-0.3, -0.25) is 9.69 Å². The second-order valence-corrected chi connectivity index (χ2v) is 6.84. The first kappa shape index (κ1) is 18.1. The molecule has 1 fully saturated rings. The standard InChI is InChI=1S/C18H19Cl2N3O2/c19-16-6-4-13(9-21-16)11-23-8-2-1-3-15(23)18(24)25-12-14-5-7-17(20)22-10-14/h4-7,9-10,15H,1-3,8,11-12H2/t15-/m0/s1. The van der Waals surface area contributed by atoms with Crippen molar-refractivity contribution >= 4 is 29.2 Å². The zero-order valence-corrected chi connectivity index (χ0v) is 15.2. The molecule has 1 saturated heterocycles. The first-order chi connectivity index (χ1) is 12.1. The third kappa shape index (κ3) is 5.14. The lowest BCUT2D eigenvalue weighted by Crippen LogP contribution is -2.44. The topological polar surface area (TPSA) is 55.3 Å². The van der Waals surface area contributed by atoms with Gasteiger partial charge in [0.05, 0.1) is 0 Å². The molecule has 0 aromatic carbocycles. The Morgan fingerprint density at radius 2 is 1.76 bits per heavy atom. The average molecular weight is 380 g/mol. The maximum absolute atomic E-state index is 12.5. The fourth-order valence-electron chi connectivity index (χ4n) is 2.92. The highest BCUT2D eigenvalue weighted by molar-refractivity contribution is 6.29. The van der Waals surface area contributed by atoms with Gasteiger partial charge in [-0.25, -0.2) is 9.97 Å². The van der Waals surface area contributed by atoms with Gasteiger partial charge in [-0.2, -0.15) is 0 Å². The molecule has 5 nitrogen and oxygen atoms in total. The molecule has 25 heavy (non-hydrogen) atoms. The van der Waals surface area contributed by atoms with Crippen LogP contribution in [-0.4, -0.2) is 33.4 Å². The minimum atomic E-state index is -0.232. The molecular weight excluding hydrogens is 361 g/mol. The Morgan fingerprint density at radius 1 is 1.08 bits per heavy atom. The third-order valence-corrected chi connectivity index (χ3v) is 4.68. The number of hydrogen-bond donors (Lipinski definition) is 0. The van der Waals surface area contributed by atoms with Gasteiger partial charge in [0.1, 0.15) is 23.0 Å². The number of esters is 1. The highest BCUT2D eigenvalue weighted by atomic mass is 35.5. The molecule has 7 heteroatoms. The van der Waals surface area contributed by atoms with Crippen molar-refractivity contribution in [3.8, 4) is 0 Å². The molecule has 0 bridgehead atoms. The lowest BCUT2D eigenvalue weighted by Gasteiger charge is -2.33. The molecule has 3 heterocycles. The van der Waals surface area contributed by atoms with Gasteiger partial charge in [-0.1, -0.05) is 41.8 Å². The first-order valence-electron chi connectivity index (χ1n) is 8.23. The van der Waals surface area contributed by atoms with Crippen LogP contribution in [0.3, 0.4) is 0 Å². The van der Waals surface area contributed by atoms with Gasteiger partial charge in [-0.05, 0) is 37.1 Å². The van der Waals surface area contributed by atoms with Gasteiger partial charge in [0.15, 0.2) is 0 Å². The molecule has 0 aliphatic carbocycles. The van der Waals surface area contributed by atoms with E-state index in [9.17, 15) is 4.79 Å². The Labute approximate surface area is 156 Å². The maximum atomic E-state index is 12.5. The highest BCUT2D eigenvalue weighted by Gasteiger charge is 2.30. The van der Waals surface area contributed by atoms with Crippen molar-refractivity contribution in [3.05, 3.63) is 58.1 Å². The number of rotatable bonds is 5. The Morgan fingerprint density at radius 3 is 2.40 bits per heavy atom. The van der Waals surface area contributed by atoms with E-state index in [1.54, 1.807) is 30.6 Å². The number of piperidine rings is 1. The molecule has 1 aliphatic rings. The number of likely N-dealkylation sites (tertiary alicyclic amines) is 1. The van der Waals surface area contributed by atoms with Crippen LogP contribution in [0.4, 0.5) is 0 Å². The van der Waals surface area contributed by atoms with Crippen molar-refractivity contribution < 1.29 is 9.53 Å². The second-order valence-electron chi connectivity index (χ2n) is 6.07. The lowest BCUT2D eigenvalue weighted by atomic mass is 10.0. The number of hydrogen-bond acceptors (Lipinski definition) is 5. The first-order valence-corrected chi connectivity index (χ1v) is 8.99. The Kier molecular flexibility index (Phi) is 6.24. The van der Waals surface area contributed by atoms with Gasteiger partial charge in [0.25, 0.3) is 0 Å². The molecular formula is C18H19Cl2N3O2. The van der Waals surface area contributed by atoms with E-state index in [0.29, 0.717) is 16.9 Å². The molecule has 2 aromatic heterocycles. The van der Waals surface area contributed by atoms with Crippen molar-refractivity contribution in [2.45, 2.75) is 38.5 Å². The number of pyridine rings is 2. The summed E-state index contributed by atoms with van der Waals surface area (Å²) in [7, 11) is 0. The summed E-state index contributed by atoms with van der Waals surface area (Å²) in [6.07, 6.45) is 6.27. The number of nitrogens with zero attached hydrogens (tertiary/aromatic N) is 3. The van der Waals surface area contributed by atoms with Crippen LogP contribution in [0.2, 0.25) is 10.3 Å². The van der Waals surface area contributed by atoms with Crippen molar-refractivity contribution in [3.63, 3.8) is 0 Å². The third-order valence-electron chi connectivity index (χ3n) is 4.23. The zero-order chi connectivity index (χ0) is 17.6. The van der Waals surface area contributed by atoms with E-state index in [2.05, 4.69) is 14.9 Å². The van der Waals surface area contributed by atoms with Gasteiger partial charge in [-0.15, -0.1) is 0 Å². The summed E-state index contributed by atoms with van der Waals surface area (Å²) >= 11 is 11.6. The molecule has 0 amide bonds.